The normalized spacial score (nSPS) is 13.2. The summed E-state index contributed by atoms with van der Waals surface area (Å²) in [6.07, 6.45) is 7.00. The Morgan fingerprint density at radius 1 is 1.23 bits per heavy atom. The quantitative estimate of drug-likeness (QED) is 0.560. The average molecular weight is 187 g/mol. The summed E-state index contributed by atoms with van der Waals surface area (Å²) in [6, 6.07) is 0. The summed E-state index contributed by atoms with van der Waals surface area (Å²) in [6.45, 7) is 6.21. The van der Waals surface area contributed by atoms with Crippen molar-refractivity contribution >= 4 is 0 Å². The first-order chi connectivity index (χ1) is 6.31. The molecule has 0 amide bonds. The monoisotopic (exact) mass is 187 g/mol. The molecular weight excluding hydrogens is 162 g/mol. The number of unbranched alkanes of at least 4 members (excludes halogenated alkanes) is 3. The van der Waals surface area contributed by atoms with Gasteiger partial charge in [-0.15, -0.1) is 0 Å². The summed E-state index contributed by atoms with van der Waals surface area (Å²) in [5.74, 6) is 0. The first-order valence-electron chi connectivity index (χ1n) is 5.57. The van der Waals surface area contributed by atoms with E-state index in [0.29, 0.717) is 6.10 Å². The van der Waals surface area contributed by atoms with Crippen molar-refractivity contribution < 1.29 is 4.74 Å². The Hall–Kier alpha value is -0.0800. The van der Waals surface area contributed by atoms with Crippen LogP contribution in [0.1, 0.15) is 46.0 Å². The number of hydrogen-bond donors (Lipinski definition) is 1. The predicted octanol–water partition coefficient (Wildman–Crippen LogP) is 2.58. The number of rotatable bonds is 9. The standard InChI is InChI=1S/C11H25NO/c1-4-5-6-7-8-11(2)13-10-9-12-3/h11-12H,4-10H2,1-3H3. The molecule has 0 radical (unpaired) electrons. The van der Waals surface area contributed by atoms with E-state index in [4.69, 9.17) is 4.74 Å². The second kappa shape index (κ2) is 10.0. The predicted molar refractivity (Wildman–Crippen MR) is 58.1 cm³/mol. The molecule has 0 aromatic carbocycles. The molecule has 80 valence electrons. The molecule has 0 rings (SSSR count). The lowest BCUT2D eigenvalue weighted by atomic mass is 10.1. The van der Waals surface area contributed by atoms with Crippen LogP contribution in [-0.4, -0.2) is 26.3 Å². The van der Waals surface area contributed by atoms with Gasteiger partial charge in [0.25, 0.3) is 0 Å². The minimum absolute atomic E-state index is 0.435. The summed E-state index contributed by atoms with van der Waals surface area (Å²) >= 11 is 0. The third-order valence-electron chi connectivity index (χ3n) is 2.22. The molecule has 0 aliphatic heterocycles. The minimum Gasteiger partial charge on any atom is -0.377 e. The Morgan fingerprint density at radius 2 is 2.00 bits per heavy atom. The van der Waals surface area contributed by atoms with Gasteiger partial charge in [-0.25, -0.2) is 0 Å². The van der Waals surface area contributed by atoms with Crippen molar-refractivity contribution in [1.29, 1.82) is 0 Å². The van der Waals surface area contributed by atoms with Crippen LogP contribution in [0.15, 0.2) is 0 Å². The highest BCUT2D eigenvalue weighted by Gasteiger charge is 2.00. The largest absolute Gasteiger partial charge is 0.377 e. The summed E-state index contributed by atoms with van der Waals surface area (Å²) in [5, 5.41) is 3.07. The summed E-state index contributed by atoms with van der Waals surface area (Å²) in [5.41, 5.74) is 0. The molecule has 0 aliphatic carbocycles. The van der Waals surface area contributed by atoms with E-state index in [-0.39, 0.29) is 0 Å². The van der Waals surface area contributed by atoms with Crippen LogP contribution in [0.5, 0.6) is 0 Å². The maximum atomic E-state index is 5.60. The first kappa shape index (κ1) is 12.9. The lowest BCUT2D eigenvalue weighted by Gasteiger charge is -2.12. The molecule has 1 unspecified atom stereocenters. The zero-order chi connectivity index (χ0) is 9.94. The number of ether oxygens (including phenoxy) is 1. The second-order valence-corrected chi connectivity index (χ2v) is 3.63. The minimum atomic E-state index is 0.435. The van der Waals surface area contributed by atoms with E-state index in [1.165, 1.54) is 32.1 Å². The van der Waals surface area contributed by atoms with Gasteiger partial charge in [0.1, 0.15) is 0 Å². The summed E-state index contributed by atoms with van der Waals surface area (Å²) in [4.78, 5) is 0. The molecule has 2 heteroatoms. The SMILES string of the molecule is CCCCCCC(C)OCCNC. The molecule has 0 aromatic rings. The first-order valence-corrected chi connectivity index (χ1v) is 5.57. The third kappa shape index (κ3) is 9.84. The van der Waals surface area contributed by atoms with Gasteiger partial charge in [-0.1, -0.05) is 32.6 Å². The molecule has 0 aromatic heterocycles. The van der Waals surface area contributed by atoms with Crippen LogP contribution in [0.2, 0.25) is 0 Å². The number of hydrogen-bond acceptors (Lipinski definition) is 2. The second-order valence-electron chi connectivity index (χ2n) is 3.63. The molecule has 0 fully saturated rings. The molecule has 2 nitrogen and oxygen atoms in total. The van der Waals surface area contributed by atoms with Gasteiger partial charge in [0.2, 0.25) is 0 Å². The van der Waals surface area contributed by atoms with E-state index >= 15 is 0 Å². The van der Waals surface area contributed by atoms with E-state index in [0.717, 1.165) is 13.2 Å². The fraction of sp³-hybridized carbons (Fsp3) is 1.00. The Kier molecular flexibility index (Phi) is 9.94. The Morgan fingerprint density at radius 3 is 2.62 bits per heavy atom. The zero-order valence-corrected chi connectivity index (χ0v) is 9.44. The van der Waals surface area contributed by atoms with Gasteiger partial charge >= 0.3 is 0 Å². The van der Waals surface area contributed by atoms with Gasteiger partial charge < -0.3 is 10.1 Å². The van der Waals surface area contributed by atoms with Gasteiger partial charge in [-0.05, 0) is 20.4 Å². The third-order valence-corrected chi connectivity index (χ3v) is 2.22. The highest BCUT2D eigenvalue weighted by molar-refractivity contribution is 4.51. The summed E-state index contributed by atoms with van der Waals surface area (Å²) in [7, 11) is 1.95. The van der Waals surface area contributed by atoms with Gasteiger partial charge in [-0.3, -0.25) is 0 Å². The van der Waals surface area contributed by atoms with Gasteiger partial charge in [-0.2, -0.15) is 0 Å². The fourth-order valence-corrected chi connectivity index (χ4v) is 1.30. The molecule has 1 N–H and O–H groups in total. The Labute approximate surface area is 83.1 Å². The van der Waals surface area contributed by atoms with E-state index in [2.05, 4.69) is 19.2 Å². The molecule has 0 spiro atoms. The van der Waals surface area contributed by atoms with Crippen molar-refractivity contribution in [3.8, 4) is 0 Å². The maximum absolute atomic E-state index is 5.60. The Bertz CT molecular complexity index is 96.1. The molecule has 0 saturated heterocycles. The molecular formula is C11H25NO. The van der Waals surface area contributed by atoms with E-state index < -0.39 is 0 Å². The fourth-order valence-electron chi connectivity index (χ4n) is 1.30. The molecule has 0 saturated carbocycles. The van der Waals surface area contributed by atoms with Gasteiger partial charge in [0, 0.05) is 6.54 Å². The highest BCUT2D eigenvalue weighted by Crippen LogP contribution is 2.07. The van der Waals surface area contributed by atoms with Crippen molar-refractivity contribution in [2.45, 2.75) is 52.1 Å². The van der Waals surface area contributed by atoms with Gasteiger partial charge in [0.05, 0.1) is 12.7 Å². The molecule has 1 atom stereocenters. The maximum Gasteiger partial charge on any atom is 0.0594 e. The van der Waals surface area contributed by atoms with E-state index in [1.807, 2.05) is 7.05 Å². The van der Waals surface area contributed by atoms with Crippen LogP contribution in [0, 0.1) is 0 Å². The van der Waals surface area contributed by atoms with E-state index in [1.54, 1.807) is 0 Å². The molecule has 0 aliphatic rings. The molecule has 13 heavy (non-hydrogen) atoms. The summed E-state index contributed by atoms with van der Waals surface area (Å²) < 4.78 is 5.60. The zero-order valence-electron chi connectivity index (χ0n) is 9.44. The van der Waals surface area contributed by atoms with Crippen LogP contribution < -0.4 is 5.32 Å². The molecule has 0 bridgehead atoms. The van der Waals surface area contributed by atoms with Crippen molar-refractivity contribution in [3.05, 3.63) is 0 Å². The van der Waals surface area contributed by atoms with Crippen LogP contribution in [-0.2, 0) is 4.74 Å². The average Bonchev–Trinajstić information content (AvgIpc) is 2.13. The smallest absolute Gasteiger partial charge is 0.0594 e. The van der Waals surface area contributed by atoms with Crippen LogP contribution in [0.3, 0.4) is 0 Å². The number of nitrogens with one attached hydrogen (secondary N) is 1. The Balaban J connectivity index is 3.05. The van der Waals surface area contributed by atoms with Crippen molar-refractivity contribution in [3.63, 3.8) is 0 Å². The number of likely N-dealkylation sites (N-methyl/N-ethyl adjacent to an activating group) is 1. The van der Waals surface area contributed by atoms with E-state index in [9.17, 15) is 0 Å². The van der Waals surface area contributed by atoms with Crippen molar-refractivity contribution in [2.75, 3.05) is 20.2 Å². The van der Waals surface area contributed by atoms with Crippen molar-refractivity contribution in [2.24, 2.45) is 0 Å². The lowest BCUT2D eigenvalue weighted by molar-refractivity contribution is 0.0612. The lowest BCUT2D eigenvalue weighted by Crippen LogP contribution is -2.18. The van der Waals surface area contributed by atoms with Gasteiger partial charge in [0.15, 0.2) is 0 Å². The highest BCUT2D eigenvalue weighted by atomic mass is 16.5. The topological polar surface area (TPSA) is 21.3 Å². The van der Waals surface area contributed by atoms with Crippen molar-refractivity contribution in [1.82, 2.24) is 5.32 Å². The molecule has 0 heterocycles. The van der Waals surface area contributed by atoms with Crippen LogP contribution in [0.25, 0.3) is 0 Å². The van der Waals surface area contributed by atoms with Crippen LogP contribution >= 0.6 is 0 Å². The van der Waals surface area contributed by atoms with Crippen LogP contribution in [0.4, 0.5) is 0 Å².